The van der Waals surface area contributed by atoms with Gasteiger partial charge in [0.1, 0.15) is 19.0 Å². The van der Waals surface area contributed by atoms with Crippen LogP contribution in [0.4, 0.5) is 0 Å². The highest BCUT2D eigenvalue weighted by atomic mass is 16.9. The second-order valence-corrected chi connectivity index (χ2v) is 6.21. The Hall–Kier alpha value is -3.56. The number of hydrogen-bond donors (Lipinski definition) is 0. The molecule has 1 aromatic heterocycles. The lowest BCUT2D eigenvalue weighted by Gasteiger charge is -2.09. The van der Waals surface area contributed by atoms with Crippen molar-refractivity contribution >= 4 is 11.9 Å². The SMILES string of the molecule is Cc1nc(C)c(COC(=O)CCC(=O)Oc2cccc(CO[N+](=O)[O-])c2)nc1C. The maximum absolute atomic E-state index is 11.9. The van der Waals surface area contributed by atoms with E-state index in [1.54, 1.807) is 19.1 Å². The molecule has 0 aliphatic rings. The Labute approximate surface area is 166 Å². The van der Waals surface area contributed by atoms with E-state index >= 15 is 0 Å². The standard InChI is InChI=1S/C19H21N3O7/c1-12-13(2)21-17(14(3)20-12)11-27-18(23)7-8-19(24)29-16-6-4-5-15(9-16)10-28-22(25)26/h4-6,9H,7-8,10-11H2,1-3H3. The van der Waals surface area contributed by atoms with E-state index in [0.29, 0.717) is 17.0 Å². The van der Waals surface area contributed by atoms with Crippen molar-refractivity contribution in [1.29, 1.82) is 0 Å². The van der Waals surface area contributed by atoms with E-state index in [0.717, 1.165) is 11.4 Å². The summed E-state index contributed by atoms with van der Waals surface area (Å²) in [5.41, 5.74) is 3.29. The average Bonchev–Trinajstić information content (AvgIpc) is 2.67. The van der Waals surface area contributed by atoms with E-state index in [1.165, 1.54) is 12.1 Å². The van der Waals surface area contributed by atoms with Crippen LogP contribution in [-0.4, -0.2) is 27.0 Å². The van der Waals surface area contributed by atoms with Crippen molar-refractivity contribution in [2.75, 3.05) is 0 Å². The highest BCUT2D eigenvalue weighted by Gasteiger charge is 2.13. The number of ether oxygens (including phenoxy) is 2. The summed E-state index contributed by atoms with van der Waals surface area (Å²) in [5.74, 6) is -0.986. The van der Waals surface area contributed by atoms with E-state index in [4.69, 9.17) is 9.47 Å². The van der Waals surface area contributed by atoms with Gasteiger partial charge in [-0.3, -0.25) is 19.6 Å². The fraction of sp³-hybridized carbons (Fsp3) is 0.368. The van der Waals surface area contributed by atoms with E-state index in [2.05, 4.69) is 14.8 Å². The van der Waals surface area contributed by atoms with Crippen LogP contribution in [0, 0.1) is 30.9 Å². The van der Waals surface area contributed by atoms with Crippen LogP contribution >= 0.6 is 0 Å². The number of nitrogens with zero attached hydrogens (tertiary/aromatic N) is 3. The van der Waals surface area contributed by atoms with Crippen LogP contribution in [0.1, 0.15) is 41.2 Å². The molecule has 0 radical (unpaired) electrons. The summed E-state index contributed by atoms with van der Waals surface area (Å²) in [6, 6.07) is 6.13. The minimum Gasteiger partial charge on any atom is -0.459 e. The molecule has 2 rings (SSSR count). The number of benzene rings is 1. The van der Waals surface area contributed by atoms with Crippen LogP contribution in [0.5, 0.6) is 5.75 Å². The van der Waals surface area contributed by atoms with E-state index in [1.807, 2.05) is 13.8 Å². The first-order chi connectivity index (χ1) is 13.7. The van der Waals surface area contributed by atoms with Gasteiger partial charge in [0.25, 0.3) is 5.09 Å². The summed E-state index contributed by atoms with van der Waals surface area (Å²) in [5, 5.41) is 9.32. The molecule has 10 heteroatoms. The quantitative estimate of drug-likeness (QED) is 0.268. The third-order valence-electron chi connectivity index (χ3n) is 3.95. The molecule has 0 unspecified atom stereocenters. The third-order valence-corrected chi connectivity index (χ3v) is 3.95. The normalized spacial score (nSPS) is 10.3. The molecule has 29 heavy (non-hydrogen) atoms. The zero-order chi connectivity index (χ0) is 21.4. The van der Waals surface area contributed by atoms with Crippen LogP contribution in [-0.2, 0) is 32.4 Å². The molecule has 2 aromatic rings. The number of aryl methyl sites for hydroxylation is 3. The van der Waals surface area contributed by atoms with Gasteiger partial charge in [0.05, 0.1) is 35.6 Å². The smallest absolute Gasteiger partial charge is 0.311 e. The van der Waals surface area contributed by atoms with Gasteiger partial charge in [-0.25, -0.2) is 0 Å². The van der Waals surface area contributed by atoms with Crippen molar-refractivity contribution in [2.45, 2.75) is 46.8 Å². The molecular weight excluding hydrogens is 382 g/mol. The topological polar surface area (TPSA) is 131 Å². The fourth-order valence-electron chi connectivity index (χ4n) is 2.33. The lowest BCUT2D eigenvalue weighted by molar-refractivity contribution is -0.763. The zero-order valence-electron chi connectivity index (χ0n) is 16.3. The molecule has 0 spiro atoms. The second-order valence-electron chi connectivity index (χ2n) is 6.21. The molecule has 0 fully saturated rings. The molecular formula is C19H21N3O7. The van der Waals surface area contributed by atoms with Crippen molar-refractivity contribution in [3.05, 3.63) is 62.7 Å². The van der Waals surface area contributed by atoms with Crippen LogP contribution in [0.2, 0.25) is 0 Å². The predicted molar refractivity (Wildman–Crippen MR) is 99.1 cm³/mol. The van der Waals surface area contributed by atoms with Crippen molar-refractivity contribution in [3.63, 3.8) is 0 Å². The van der Waals surface area contributed by atoms with Crippen molar-refractivity contribution in [3.8, 4) is 5.75 Å². The third kappa shape index (κ3) is 7.17. The number of hydrogen-bond acceptors (Lipinski definition) is 9. The van der Waals surface area contributed by atoms with Crippen molar-refractivity contribution < 1.29 is 29.0 Å². The minimum atomic E-state index is -0.907. The Morgan fingerprint density at radius 3 is 2.41 bits per heavy atom. The van der Waals surface area contributed by atoms with Crippen LogP contribution in [0.3, 0.4) is 0 Å². The molecule has 0 N–H and O–H groups in total. The minimum absolute atomic E-state index is 0.0215. The number of carbonyl (C=O) groups excluding carboxylic acids is 2. The lowest BCUT2D eigenvalue weighted by atomic mass is 10.2. The Morgan fingerprint density at radius 2 is 1.69 bits per heavy atom. The summed E-state index contributed by atoms with van der Waals surface area (Å²) in [6.07, 6.45) is -0.327. The van der Waals surface area contributed by atoms with Gasteiger partial charge in [-0.1, -0.05) is 12.1 Å². The maximum Gasteiger partial charge on any atom is 0.311 e. The van der Waals surface area contributed by atoms with E-state index in [-0.39, 0.29) is 31.8 Å². The predicted octanol–water partition coefficient (Wildman–Crippen LogP) is 2.54. The Balaban J connectivity index is 1.79. The van der Waals surface area contributed by atoms with Gasteiger partial charge in [-0.05, 0) is 38.5 Å². The van der Waals surface area contributed by atoms with Gasteiger partial charge in [0.2, 0.25) is 0 Å². The molecule has 1 aromatic carbocycles. The highest BCUT2D eigenvalue weighted by molar-refractivity contribution is 5.79. The van der Waals surface area contributed by atoms with Gasteiger partial charge < -0.3 is 14.3 Å². The van der Waals surface area contributed by atoms with Crippen molar-refractivity contribution in [1.82, 2.24) is 9.97 Å². The summed E-state index contributed by atoms with van der Waals surface area (Å²) in [4.78, 5) is 47.0. The Kier molecular flexibility index (Phi) is 7.58. The largest absolute Gasteiger partial charge is 0.459 e. The summed E-state index contributed by atoms with van der Waals surface area (Å²) in [7, 11) is 0. The first-order valence-electron chi connectivity index (χ1n) is 8.78. The molecule has 10 nitrogen and oxygen atoms in total. The maximum atomic E-state index is 11.9. The molecule has 1 heterocycles. The second kappa shape index (κ2) is 10.1. The number of rotatable bonds is 9. The fourth-order valence-corrected chi connectivity index (χ4v) is 2.33. The Bertz CT molecular complexity index is 915. The molecule has 0 bridgehead atoms. The highest BCUT2D eigenvalue weighted by Crippen LogP contribution is 2.15. The first kappa shape index (κ1) is 21.7. The first-order valence-corrected chi connectivity index (χ1v) is 8.78. The molecule has 0 atom stereocenters. The average molecular weight is 403 g/mol. The molecule has 0 amide bonds. The zero-order valence-corrected chi connectivity index (χ0v) is 16.3. The number of carbonyl (C=O) groups is 2. The summed E-state index contributed by atoms with van der Waals surface area (Å²) >= 11 is 0. The van der Waals surface area contributed by atoms with Crippen molar-refractivity contribution in [2.24, 2.45) is 0 Å². The number of esters is 2. The van der Waals surface area contributed by atoms with E-state index < -0.39 is 17.0 Å². The van der Waals surface area contributed by atoms with Gasteiger partial charge >= 0.3 is 11.9 Å². The molecule has 0 saturated carbocycles. The molecule has 0 saturated heterocycles. The van der Waals surface area contributed by atoms with Crippen LogP contribution in [0.25, 0.3) is 0 Å². The summed E-state index contributed by atoms with van der Waals surface area (Å²) in [6.45, 7) is 5.17. The number of aromatic nitrogens is 2. The van der Waals surface area contributed by atoms with Gasteiger partial charge in [-0.2, -0.15) is 0 Å². The molecule has 154 valence electrons. The van der Waals surface area contributed by atoms with Gasteiger partial charge in [0, 0.05) is 0 Å². The van der Waals surface area contributed by atoms with Gasteiger partial charge in [-0.15, -0.1) is 10.1 Å². The lowest BCUT2D eigenvalue weighted by Crippen LogP contribution is -2.13. The van der Waals surface area contributed by atoms with Crippen LogP contribution < -0.4 is 4.74 Å². The Morgan fingerprint density at radius 1 is 1.00 bits per heavy atom. The monoisotopic (exact) mass is 403 g/mol. The van der Waals surface area contributed by atoms with Gasteiger partial charge in [0.15, 0.2) is 0 Å². The molecule has 0 aliphatic heterocycles. The summed E-state index contributed by atoms with van der Waals surface area (Å²) < 4.78 is 10.3. The van der Waals surface area contributed by atoms with Crippen LogP contribution in [0.15, 0.2) is 24.3 Å². The molecule has 0 aliphatic carbocycles. The van der Waals surface area contributed by atoms with E-state index in [9.17, 15) is 19.7 Å².